The van der Waals surface area contributed by atoms with E-state index in [-0.39, 0.29) is 17.1 Å². The van der Waals surface area contributed by atoms with Gasteiger partial charge in [0.2, 0.25) is 11.0 Å². The predicted octanol–water partition coefficient (Wildman–Crippen LogP) is 2.61. The monoisotopic (exact) mass is 391 g/mol. The molecule has 0 aliphatic carbocycles. The van der Waals surface area contributed by atoms with Crippen LogP contribution in [0.15, 0.2) is 53.4 Å². The molecule has 0 unspecified atom stereocenters. The van der Waals surface area contributed by atoms with Gasteiger partial charge < -0.3 is 4.74 Å². The first-order chi connectivity index (χ1) is 12.5. The van der Waals surface area contributed by atoms with Crippen molar-refractivity contribution in [3.8, 4) is 5.75 Å². The van der Waals surface area contributed by atoms with E-state index in [2.05, 4.69) is 15.8 Å². The van der Waals surface area contributed by atoms with E-state index in [1.807, 2.05) is 12.1 Å². The minimum atomic E-state index is -3.49. The molecule has 2 N–H and O–H groups in total. The fraction of sp³-hybridized carbons (Fsp3) is 0.176. The quantitative estimate of drug-likeness (QED) is 0.601. The molecule has 26 heavy (non-hydrogen) atoms. The zero-order valence-electron chi connectivity index (χ0n) is 13.9. The maximum atomic E-state index is 12.2. The van der Waals surface area contributed by atoms with Gasteiger partial charge in [-0.2, -0.15) is 0 Å². The zero-order valence-corrected chi connectivity index (χ0v) is 15.6. The fourth-order valence-corrected chi connectivity index (χ4v) is 4.40. The van der Waals surface area contributed by atoms with Gasteiger partial charge in [-0.3, -0.25) is 15.6 Å². The summed E-state index contributed by atoms with van der Waals surface area (Å²) in [7, 11) is -1.92. The number of hydrogen-bond acceptors (Lipinski definition) is 7. The zero-order chi connectivity index (χ0) is 18.6. The molecule has 1 aromatic heterocycles. The Bertz CT molecular complexity index is 1020. The van der Waals surface area contributed by atoms with Gasteiger partial charge >= 0.3 is 0 Å². The van der Waals surface area contributed by atoms with Crippen molar-refractivity contribution in [2.45, 2.75) is 11.3 Å². The number of sulfone groups is 1. The highest BCUT2D eigenvalue weighted by Gasteiger charge is 2.16. The van der Waals surface area contributed by atoms with Crippen LogP contribution in [0, 0.1) is 0 Å². The number of benzene rings is 2. The SMILES string of the molecule is COc1cccc2sc(NNC(=O)CCS(=O)(=O)c3ccccc3)nc12. The lowest BCUT2D eigenvalue weighted by molar-refractivity contribution is -0.120. The molecule has 0 atom stereocenters. The van der Waals surface area contributed by atoms with Crippen LogP contribution in [0.5, 0.6) is 5.75 Å². The first-order valence-electron chi connectivity index (χ1n) is 7.76. The second-order valence-corrected chi connectivity index (χ2v) is 8.52. The fourth-order valence-electron chi connectivity index (χ4n) is 2.30. The Kier molecular flexibility index (Phi) is 5.38. The second-order valence-electron chi connectivity index (χ2n) is 5.38. The molecule has 0 aliphatic rings. The second kappa shape index (κ2) is 7.71. The van der Waals surface area contributed by atoms with E-state index in [4.69, 9.17) is 4.74 Å². The van der Waals surface area contributed by atoms with Gasteiger partial charge in [-0.1, -0.05) is 35.6 Å². The topological polar surface area (TPSA) is 97.4 Å². The molecule has 3 rings (SSSR count). The largest absolute Gasteiger partial charge is 0.494 e. The molecule has 2 aromatic carbocycles. The number of para-hydroxylation sites is 1. The molecule has 0 saturated heterocycles. The lowest BCUT2D eigenvalue weighted by Gasteiger charge is -2.06. The number of hydrogen-bond donors (Lipinski definition) is 2. The Morgan fingerprint density at radius 2 is 1.92 bits per heavy atom. The van der Waals surface area contributed by atoms with Crippen molar-refractivity contribution in [2.75, 3.05) is 18.3 Å². The van der Waals surface area contributed by atoms with Crippen molar-refractivity contribution in [2.24, 2.45) is 0 Å². The molecule has 0 fully saturated rings. The van der Waals surface area contributed by atoms with E-state index in [0.717, 1.165) is 4.70 Å². The summed E-state index contributed by atoms with van der Waals surface area (Å²) >= 11 is 1.35. The predicted molar refractivity (Wildman–Crippen MR) is 101 cm³/mol. The van der Waals surface area contributed by atoms with Gasteiger partial charge in [0.1, 0.15) is 11.3 Å². The Labute approximate surface area is 154 Å². The van der Waals surface area contributed by atoms with Crippen molar-refractivity contribution in [3.63, 3.8) is 0 Å². The van der Waals surface area contributed by atoms with E-state index >= 15 is 0 Å². The minimum absolute atomic E-state index is 0.154. The Balaban J connectivity index is 1.58. The molecule has 1 amide bonds. The summed E-state index contributed by atoms with van der Waals surface area (Å²) in [4.78, 5) is 16.5. The average molecular weight is 391 g/mol. The van der Waals surface area contributed by atoms with Gasteiger partial charge in [0.15, 0.2) is 9.84 Å². The molecule has 136 valence electrons. The number of fused-ring (bicyclic) bond motifs is 1. The minimum Gasteiger partial charge on any atom is -0.494 e. The van der Waals surface area contributed by atoms with Crippen LogP contribution >= 0.6 is 11.3 Å². The van der Waals surface area contributed by atoms with Crippen LogP contribution in [0.4, 0.5) is 5.13 Å². The molecule has 7 nitrogen and oxygen atoms in total. The third-order valence-electron chi connectivity index (χ3n) is 3.61. The van der Waals surface area contributed by atoms with Gasteiger partial charge in [0, 0.05) is 6.42 Å². The van der Waals surface area contributed by atoms with Crippen LogP contribution in [-0.2, 0) is 14.6 Å². The molecule has 0 saturated carbocycles. The summed E-state index contributed by atoms with van der Waals surface area (Å²) in [5, 5.41) is 0.490. The van der Waals surface area contributed by atoms with E-state index < -0.39 is 15.7 Å². The number of rotatable bonds is 7. The number of nitrogens with zero attached hydrogens (tertiary/aromatic N) is 1. The summed E-state index contributed by atoms with van der Waals surface area (Å²) in [5.41, 5.74) is 5.89. The number of aromatic nitrogens is 1. The molecule has 0 aliphatic heterocycles. The number of methoxy groups -OCH3 is 1. The van der Waals surface area contributed by atoms with Crippen molar-refractivity contribution in [3.05, 3.63) is 48.5 Å². The Morgan fingerprint density at radius 3 is 2.65 bits per heavy atom. The van der Waals surface area contributed by atoms with Gasteiger partial charge in [-0.25, -0.2) is 13.4 Å². The smallest absolute Gasteiger partial charge is 0.239 e. The van der Waals surface area contributed by atoms with Crippen LogP contribution < -0.4 is 15.6 Å². The molecule has 1 heterocycles. The summed E-state index contributed by atoms with van der Waals surface area (Å²) in [6.07, 6.45) is -0.154. The number of thiazole rings is 1. The summed E-state index contributed by atoms with van der Waals surface area (Å²) in [5.74, 6) is -0.0547. The molecule has 9 heteroatoms. The van der Waals surface area contributed by atoms with Crippen molar-refractivity contribution in [1.82, 2.24) is 10.4 Å². The Hall–Kier alpha value is -2.65. The van der Waals surface area contributed by atoms with Crippen molar-refractivity contribution >= 4 is 42.4 Å². The number of ether oxygens (including phenoxy) is 1. The van der Waals surface area contributed by atoms with Crippen LogP contribution in [0.2, 0.25) is 0 Å². The summed E-state index contributed by atoms with van der Waals surface area (Å²) in [6.45, 7) is 0. The Morgan fingerprint density at radius 1 is 1.15 bits per heavy atom. The molecular weight excluding hydrogens is 374 g/mol. The number of nitrogens with one attached hydrogen (secondary N) is 2. The molecule has 0 bridgehead atoms. The van der Waals surface area contributed by atoms with E-state index in [0.29, 0.717) is 16.4 Å². The number of carbonyl (C=O) groups is 1. The first-order valence-corrected chi connectivity index (χ1v) is 10.2. The van der Waals surface area contributed by atoms with Crippen molar-refractivity contribution in [1.29, 1.82) is 0 Å². The normalized spacial score (nSPS) is 11.3. The van der Waals surface area contributed by atoms with Crippen LogP contribution in [0.25, 0.3) is 10.2 Å². The van der Waals surface area contributed by atoms with Crippen LogP contribution in [0.3, 0.4) is 0 Å². The molecule has 0 radical (unpaired) electrons. The highest BCUT2D eigenvalue weighted by Crippen LogP contribution is 2.31. The first kappa shape index (κ1) is 18.2. The van der Waals surface area contributed by atoms with Crippen molar-refractivity contribution < 1.29 is 17.9 Å². The highest BCUT2D eigenvalue weighted by atomic mass is 32.2. The van der Waals surface area contributed by atoms with Gasteiger partial charge in [-0.05, 0) is 24.3 Å². The number of amides is 1. The van der Waals surface area contributed by atoms with E-state index in [1.165, 1.54) is 23.5 Å². The lowest BCUT2D eigenvalue weighted by Crippen LogP contribution is -2.30. The van der Waals surface area contributed by atoms with Gasteiger partial charge in [-0.15, -0.1) is 0 Å². The average Bonchev–Trinajstić information content (AvgIpc) is 3.08. The highest BCUT2D eigenvalue weighted by molar-refractivity contribution is 7.91. The molecule has 3 aromatic rings. The summed E-state index contributed by atoms with van der Waals surface area (Å²) < 4.78 is 30.5. The third kappa shape index (κ3) is 4.12. The maximum Gasteiger partial charge on any atom is 0.239 e. The number of hydrazine groups is 1. The molecule has 0 spiro atoms. The standard InChI is InChI=1S/C17H17N3O4S2/c1-24-13-8-5-9-14-16(13)18-17(25-14)20-19-15(21)10-11-26(22,23)12-6-3-2-4-7-12/h2-9H,10-11H2,1H3,(H,18,20)(H,19,21). The molecular formula is C17H17N3O4S2. The lowest BCUT2D eigenvalue weighted by atomic mass is 10.3. The van der Waals surface area contributed by atoms with Gasteiger partial charge in [0.05, 0.1) is 22.5 Å². The third-order valence-corrected chi connectivity index (χ3v) is 6.28. The van der Waals surface area contributed by atoms with E-state index in [9.17, 15) is 13.2 Å². The number of carbonyl (C=O) groups excluding carboxylic acids is 1. The number of anilines is 1. The van der Waals surface area contributed by atoms with Gasteiger partial charge in [0.25, 0.3) is 0 Å². The van der Waals surface area contributed by atoms with E-state index in [1.54, 1.807) is 31.4 Å². The summed E-state index contributed by atoms with van der Waals surface area (Å²) in [6, 6.07) is 13.6. The van der Waals surface area contributed by atoms with Crippen LogP contribution in [0.1, 0.15) is 6.42 Å². The van der Waals surface area contributed by atoms with Crippen LogP contribution in [-0.4, -0.2) is 32.2 Å². The maximum absolute atomic E-state index is 12.2.